The molecule has 0 aliphatic rings. The number of nitrogens with zero attached hydrogens (tertiary/aromatic N) is 3. The van der Waals surface area contributed by atoms with Crippen molar-refractivity contribution in [3.63, 3.8) is 0 Å². The van der Waals surface area contributed by atoms with Crippen LogP contribution in [0, 0.1) is 5.41 Å². The highest BCUT2D eigenvalue weighted by atomic mass is 35.5. The Kier molecular flexibility index (Phi) is 3.36. The molecule has 2 aromatic rings. The van der Waals surface area contributed by atoms with E-state index in [1.807, 2.05) is 20.8 Å². The summed E-state index contributed by atoms with van der Waals surface area (Å²) in [7, 11) is 0. The third kappa shape index (κ3) is 2.52. The molecule has 0 spiro atoms. The van der Waals surface area contributed by atoms with Crippen LogP contribution in [0.1, 0.15) is 32.7 Å². The maximum absolute atomic E-state index is 6.05. The molecular weight excluding hydrogens is 252 g/mol. The van der Waals surface area contributed by atoms with Gasteiger partial charge in [0.05, 0.1) is 11.1 Å². The van der Waals surface area contributed by atoms with Crippen LogP contribution in [-0.4, -0.2) is 15.1 Å². The summed E-state index contributed by atoms with van der Waals surface area (Å²) in [5, 5.41) is 4.35. The summed E-state index contributed by atoms with van der Waals surface area (Å²) >= 11 is 6.02. The first-order chi connectivity index (χ1) is 8.39. The molecule has 0 aliphatic carbocycles. The van der Waals surface area contributed by atoms with E-state index in [9.17, 15) is 0 Å². The largest absolute Gasteiger partial charge is 0.337 e. The van der Waals surface area contributed by atoms with Crippen molar-refractivity contribution in [1.82, 2.24) is 15.1 Å². The maximum atomic E-state index is 6.05. The molecule has 0 radical (unpaired) electrons. The molecule has 2 heterocycles. The molecule has 2 aromatic heterocycles. The van der Waals surface area contributed by atoms with Gasteiger partial charge in [-0.15, -0.1) is 0 Å². The van der Waals surface area contributed by atoms with E-state index in [0.717, 1.165) is 0 Å². The Balaban J connectivity index is 2.35. The van der Waals surface area contributed by atoms with Gasteiger partial charge >= 0.3 is 0 Å². The number of hydrogen-bond donors (Lipinski definition) is 1. The number of halogens is 1. The molecule has 2 rings (SSSR count). The number of aromatic nitrogens is 3. The van der Waals surface area contributed by atoms with E-state index in [0.29, 0.717) is 22.4 Å². The normalized spacial score (nSPS) is 13.6. The van der Waals surface area contributed by atoms with Crippen LogP contribution in [0.5, 0.6) is 0 Å². The highest BCUT2D eigenvalue weighted by molar-refractivity contribution is 6.32. The molecule has 0 amide bonds. The summed E-state index contributed by atoms with van der Waals surface area (Å²) in [5.74, 6) is 0.745. The van der Waals surface area contributed by atoms with Crippen molar-refractivity contribution < 1.29 is 4.52 Å². The van der Waals surface area contributed by atoms with Crippen LogP contribution in [-0.2, 0) is 0 Å². The van der Waals surface area contributed by atoms with Gasteiger partial charge in [-0.25, -0.2) is 0 Å². The van der Waals surface area contributed by atoms with E-state index in [2.05, 4.69) is 15.1 Å². The Hall–Kier alpha value is -1.46. The first kappa shape index (κ1) is 13.0. The molecule has 5 nitrogen and oxygen atoms in total. The van der Waals surface area contributed by atoms with Gasteiger partial charge in [0, 0.05) is 6.20 Å². The van der Waals surface area contributed by atoms with Crippen LogP contribution in [0.25, 0.3) is 11.5 Å². The minimum absolute atomic E-state index is 0.155. The number of hydrogen-bond acceptors (Lipinski definition) is 5. The topological polar surface area (TPSA) is 77.8 Å². The van der Waals surface area contributed by atoms with Gasteiger partial charge in [0.2, 0.25) is 11.7 Å². The van der Waals surface area contributed by atoms with E-state index in [-0.39, 0.29) is 11.5 Å². The van der Waals surface area contributed by atoms with Gasteiger partial charge < -0.3 is 10.3 Å². The van der Waals surface area contributed by atoms with Gasteiger partial charge in [0.25, 0.3) is 0 Å². The molecule has 96 valence electrons. The van der Waals surface area contributed by atoms with E-state index in [4.69, 9.17) is 21.9 Å². The minimum atomic E-state index is -0.332. The number of pyridine rings is 1. The van der Waals surface area contributed by atoms with Crippen molar-refractivity contribution in [2.24, 2.45) is 11.1 Å². The van der Waals surface area contributed by atoms with Crippen molar-refractivity contribution in [3.8, 4) is 11.5 Å². The molecule has 0 unspecified atom stereocenters. The first-order valence-electron chi connectivity index (χ1n) is 5.59. The van der Waals surface area contributed by atoms with E-state index >= 15 is 0 Å². The minimum Gasteiger partial charge on any atom is -0.337 e. The number of nitrogens with two attached hydrogens (primary N) is 1. The van der Waals surface area contributed by atoms with E-state index < -0.39 is 0 Å². The van der Waals surface area contributed by atoms with Crippen molar-refractivity contribution in [3.05, 3.63) is 29.2 Å². The van der Waals surface area contributed by atoms with Crippen LogP contribution in [0.2, 0.25) is 5.02 Å². The molecule has 0 saturated carbocycles. The van der Waals surface area contributed by atoms with Gasteiger partial charge in [-0.1, -0.05) is 37.5 Å². The predicted octanol–water partition coefficient (Wildman–Crippen LogP) is 2.83. The first-order valence-corrected chi connectivity index (χ1v) is 5.97. The molecule has 1 atom stereocenters. The zero-order valence-corrected chi connectivity index (χ0v) is 11.3. The maximum Gasteiger partial charge on any atom is 0.244 e. The molecule has 2 N–H and O–H groups in total. The quantitative estimate of drug-likeness (QED) is 0.904. The van der Waals surface area contributed by atoms with Crippen LogP contribution in [0.4, 0.5) is 0 Å². The van der Waals surface area contributed by atoms with Crippen molar-refractivity contribution >= 4 is 11.6 Å². The van der Waals surface area contributed by atoms with Crippen molar-refractivity contribution in [1.29, 1.82) is 0 Å². The average molecular weight is 267 g/mol. The average Bonchev–Trinajstić information content (AvgIpc) is 2.76. The zero-order chi connectivity index (χ0) is 13.3. The fourth-order valence-corrected chi connectivity index (χ4v) is 1.58. The summed E-state index contributed by atoms with van der Waals surface area (Å²) in [4.78, 5) is 8.38. The lowest BCUT2D eigenvalue weighted by Gasteiger charge is -2.23. The lowest BCUT2D eigenvalue weighted by Crippen LogP contribution is -2.26. The molecule has 0 saturated heterocycles. The third-order valence-corrected chi connectivity index (χ3v) is 2.92. The standard InChI is InChI=1S/C12H15ClN4O/c1-12(2,3)9(14)11-16-10(17-18-11)8-7(13)5-4-6-15-8/h4-6,9H,14H2,1-3H3/t9-/m0/s1. The van der Waals surface area contributed by atoms with Crippen molar-refractivity contribution in [2.45, 2.75) is 26.8 Å². The Morgan fingerprint density at radius 2 is 2.11 bits per heavy atom. The Morgan fingerprint density at radius 1 is 1.39 bits per heavy atom. The zero-order valence-electron chi connectivity index (χ0n) is 10.5. The summed E-state index contributed by atoms with van der Waals surface area (Å²) in [6.45, 7) is 6.03. The lowest BCUT2D eigenvalue weighted by molar-refractivity contribution is 0.253. The molecule has 0 fully saturated rings. The summed E-state index contributed by atoms with van der Waals surface area (Å²) < 4.78 is 5.18. The van der Waals surface area contributed by atoms with Crippen LogP contribution in [0.15, 0.2) is 22.9 Å². The van der Waals surface area contributed by atoms with Crippen LogP contribution >= 0.6 is 11.6 Å². The highest BCUT2D eigenvalue weighted by Gasteiger charge is 2.28. The second-order valence-electron chi connectivity index (χ2n) is 5.13. The summed E-state index contributed by atoms with van der Waals surface area (Å²) in [5.41, 5.74) is 6.39. The van der Waals surface area contributed by atoms with Crippen LogP contribution < -0.4 is 5.73 Å². The molecular formula is C12H15ClN4O. The SMILES string of the molecule is CC(C)(C)[C@@H](N)c1nc(-c2ncccc2Cl)no1. The molecule has 0 aromatic carbocycles. The molecule has 6 heteroatoms. The summed E-state index contributed by atoms with van der Waals surface area (Å²) in [6, 6.07) is 3.14. The number of rotatable bonds is 2. The Labute approximate surface area is 110 Å². The summed E-state index contributed by atoms with van der Waals surface area (Å²) in [6.07, 6.45) is 1.63. The van der Waals surface area contributed by atoms with E-state index in [1.54, 1.807) is 18.3 Å². The Morgan fingerprint density at radius 3 is 2.72 bits per heavy atom. The predicted molar refractivity (Wildman–Crippen MR) is 68.9 cm³/mol. The van der Waals surface area contributed by atoms with Gasteiger partial charge in [-0.3, -0.25) is 4.98 Å². The second-order valence-corrected chi connectivity index (χ2v) is 5.54. The van der Waals surface area contributed by atoms with Gasteiger partial charge in [0.15, 0.2) is 0 Å². The molecule has 0 aliphatic heterocycles. The second kappa shape index (κ2) is 4.66. The fourth-order valence-electron chi connectivity index (χ4n) is 1.38. The highest BCUT2D eigenvalue weighted by Crippen LogP contribution is 2.31. The third-order valence-electron chi connectivity index (χ3n) is 2.61. The molecule has 18 heavy (non-hydrogen) atoms. The van der Waals surface area contributed by atoms with Gasteiger partial charge in [0.1, 0.15) is 5.69 Å². The van der Waals surface area contributed by atoms with Crippen molar-refractivity contribution in [2.75, 3.05) is 0 Å². The van der Waals surface area contributed by atoms with Gasteiger partial charge in [-0.2, -0.15) is 4.98 Å². The van der Waals surface area contributed by atoms with Crippen LogP contribution in [0.3, 0.4) is 0 Å². The van der Waals surface area contributed by atoms with Gasteiger partial charge in [-0.05, 0) is 17.5 Å². The molecule has 0 bridgehead atoms. The fraction of sp³-hybridized carbons (Fsp3) is 0.417. The Bertz CT molecular complexity index is 547. The lowest BCUT2D eigenvalue weighted by atomic mass is 9.87. The smallest absolute Gasteiger partial charge is 0.244 e. The monoisotopic (exact) mass is 266 g/mol. The van der Waals surface area contributed by atoms with E-state index in [1.165, 1.54) is 0 Å².